The van der Waals surface area contributed by atoms with Gasteiger partial charge in [0.15, 0.2) is 0 Å². The average molecular weight is 389 g/mol. The van der Waals surface area contributed by atoms with Gasteiger partial charge in [-0.15, -0.1) is 0 Å². The van der Waals surface area contributed by atoms with E-state index in [2.05, 4.69) is 5.32 Å². The van der Waals surface area contributed by atoms with Gasteiger partial charge in [0.05, 0.1) is 10.9 Å². The third-order valence-electron chi connectivity index (χ3n) is 4.16. The molecule has 0 bridgehead atoms. The predicted octanol–water partition coefficient (Wildman–Crippen LogP) is 3.86. The molecule has 2 aromatic carbocycles. The van der Waals surface area contributed by atoms with Crippen LogP contribution in [0.3, 0.4) is 0 Å². The first-order valence-electron chi connectivity index (χ1n) is 7.97. The van der Waals surface area contributed by atoms with E-state index in [1.54, 1.807) is 30.3 Å². The van der Waals surface area contributed by atoms with Gasteiger partial charge >= 0.3 is 0 Å². The van der Waals surface area contributed by atoms with Crippen LogP contribution in [0.15, 0.2) is 64.2 Å². The molecule has 2 atom stereocenters. The molecule has 1 heterocycles. The van der Waals surface area contributed by atoms with Gasteiger partial charge in [-0.25, -0.2) is 8.42 Å². The molecule has 2 aromatic rings. The fourth-order valence-corrected chi connectivity index (χ4v) is 4.07. The van der Waals surface area contributed by atoms with E-state index < -0.39 is 20.8 Å². The Hall–Kier alpha value is -2.49. The summed E-state index contributed by atoms with van der Waals surface area (Å²) in [6.07, 6.45) is -0.418. The molecule has 0 unspecified atom stereocenters. The Morgan fingerprint density at radius 3 is 2.35 bits per heavy atom. The smallest absolute Gasteiger partial charge is 0.221 e. The van der Waals surface area contributed by atoms with Crippen molar-refractivity contribution in [1.29, 1.82) is 5.26 Å². The zero-order valence-corrected chi connectivity index (χ0v) is 15.8. The minimum absolute atomic E-state index is 0.0273. The largest absolute Gasteiger partial charge is 0.467 e. The van der Waals surface area contributed by atoms with E-state index >= 15 is 0 Å². The van der Waals surface area contributed by atoms with Crippen LogP contribution in [0.1, 0.15) is 24.2 Å². The maximum absolute atomic E-state index is 12.8. The van der Waals surface area contributed by atoms with Crippen molar-refractivity contribution >= 4 is 21.4 Å². The average Bonchev–Trinajstić information content (AvgIpc) is 2.97. The van der Waals surface area contributed by atoms with Crippen LogP contribution in [-0.4, -0.2) is 14.5 Å². The summed E-state index contributed by atoms with van der Waals surface area (Å²) >= 11 is 5.91. The summed E-state index contributed by atoms with van der Waals surface area (Å²) < 4.78 is 31.5. The van der Waals surface area contributed by atoms with Gasteiger partial charge < -0.3 is 10.1 Å². The maximum atomic E-state index is 12.8. The standard InChI is InChI=1S/C19H17ClN2O3S/c1-12-3-9-16(10-4-12)26(23,24)17(11-21)19-22-13(2)18(25-19)14-5-7-15(20)8-6-14/h3-10,13,18,22H,1-2H3/t13-,18-/m0/s1. The quantitative estimate of drug-likeness (QED) is 0.807. The number of benzene rings is 2. The Bertz CT molecular complexity index is 991. The topological polar surface area (TPSA) is 79.2 Å². The summed E-state index contributed by atoms with van der Waals surface area (Å²) in [5, 5.41) is 13.1. The van der Waals surface area contributed by atoms with E-state index in [9.17, 15) is 13.7 Å². The number of aryl methyl sites for hydroxylation is 1. The highest BCUT2D eigenvalue weighted by atomic mass is 35.5. The van der Waals surface area contributed by atoms with E-state index in [1.165, 1.54) is 12.1 Å². The van der Waals surface area contributed by atoms with Crippen molar-refractivity contribution in [3.05, 3.63) is 75.5 Å². The molecule has 0 saturated carbocycles. The fourth-order valence-electron chi connectivity index (χ4n) is 2.74. The highest BCUT2D eigenvalue weighted by Gasteiger charge is 2.36. The number of halogens is 1. The molecular weight excluding hydrogens is 372 g/mol. The minimum Gasteiger partial charge on any atom is -0.467 e. The first-order chi connectivity index (χ1) is 12.3. The fraction of sp³-hybridized carbons (Fsp3) is 0.211. The summed E-state index contributed by atoms with van der Waals surface area (Å²) in [5.41, 5.74) is 1.77. The number of hydrogen-bond donors (Lipinski definition) is 1. The van der Waals surface area contributed by atoms with Crippen molar-refractivity contribution in [2.24, 2.45) is 0 Å². The lowest BCUT2D eigenvalue weighted by atomic mass is 10.0. The van der Waals surface area contributed by atoms with Crippen LogP contribution < -0.4 is 5.32 Å². The molecule has 7 heteroatoms. The molecule has 26 heavy (non-hydrogen) atoms. The summed E-state index contributed by atoms with van der Waals surface area (Å²) in [6.45, 7) is 3.72. The number of ether oxygens (including phenoxy) is 1. The molecule has 1 fully saturated rings. The van der Waals surface area contributed by atoms with Gasteiger partial charge in [0.25, 0.3) is 0 Å². The lowest BCUT2D eigenvalue weighted by Gasteiger charge is -2.13. The van der Waals surface area contributed by atoms with Crippen molar-refractivity contribution in [3.8, 4) is 6.07 Å². The molecule has 1 saturated heterocycles. The maximum Gasteiger partial charge on any atom is 0.221 e. The second-order valence-corrected chi connectivity index (χ2v) is 8.43. The third-order valence-corrected chi connectivity index (χ3v) is 6.12. The molecule has 0 radical (unpaired) electrons. The second kappa shape index (κ2) is 7.02. The molecule has 3 rings (SSSR count). The van der Waals surface area contributed by atoms with Crippen LogP contribution in [0.25, 0.3) is 0 Å². The molecule has 5 nitrogen and oxygen atoms in total. The van der Waals surface area contributed by atoms with Gasteiger partial charge in [-0.05, 0) is 43.7 Å². The summed E-state index contributed by atoms with van der Waals surface area (Å²) in [7, 11) is -3.98. The van der Waals surface area contributed by atoms with Crippen LogP contribution in [0.4, 0.5) is 0 Å². The van der Waals surface area contributed by atoms with Crippen LogP contribution in [-0.2, 0) is 14.6 Å². The summed E-state index contributed by atoms with van der Waals surface area (Å²) in [6, 6.07) is 15.0. The molecule has 1 aliphatic heterocycles. The molecule has 0 aromatic heterocycles. The van der Waals surface area contributed by atoms with E-state index in [1.807, 2.05) is 26.0 Å². The SMILES string of the molecule is Cc1ccc(S(=O)(=O)C(C#N)=C2N[C@@H](C)[C@@H](c3ccc(Cl)cc3)O2)cc1. The van der Waals surface area contributed by atoms with Crippen molar-refractivity contribution in [1.82, 2.24) is 5.32 Å². The van der Waals surface area contributed by atoms with Crippen LogP contribution >= 0.6 is 11.6 Å². The number of rotatable bonds is 3. The van der Waals surface area contributed by atoms with E-state index in [4.69, 9.17) is 16.3 Å². The van der Waals surface area contributed by atoms with Gasteiger partial charge in [-0.2, -0.15) is 5.26 Å². The molecule has 0 amide bonds. The molecule has 1 aliphatic rings. The first kappa shape index (κ1) is 18.3. The van der Waals surface area contributed by atoms with E-state index in [-0.39, 0.29) is 16.8 Å². The van der Waals surface area contributed by atoms with Gasteiger partial charge in [0.1, 0.15) is 12.2 Å². The third kappa shape index (κ3) is 3.41. The zero-order valence-electron chi connectivity index (χ0n) is 14.2. The lowest BCUT2D eigenvalue weighted by molar-refractivity contribution is 0.154. The molecule has 0 spiro atoms. The first-order valence-corrected chi connectivity index (χ1v) is 9.84. The summed E-state index contributed by atoms with van der Waals surface area (Å²) in [5.74, 6) is -0.0273. The minimum atomic E-state index is -3.98. The molecule has 134 valence electrons. The molecule has 0 aliphatic carbocycles. The van der Waals surface area contributed by atoms with Gasteiger partial charge in [0.2, 0.25) is 20.6 Å². The zero-order chi connectivity index (χ0) is 18.9. The number of nitrogens with zero attached hydrogens (tertiary/aromatic N) is 1. The highest BCUT2D eigenvalue weighted by Crippen LogP contribution is 2.33. The van der Waals surface area contributed by atoms with E-state index in [0.29, 0.717) is 5.02 Å². The highest BCUT2D eigenvalue weighted by molar-refractivity contribution is 7.95. The normalized spacial score (nSPS) is 21.5. The molecular formula is C19H17ClN2O3S. The van der Waals surface area contributed by atoms with Gasteiger partial charge in [-0.1, -0.05) is 41.4 Å². The number of nitriles is 1. The van der Waals surface area contributed by atoms with E-state index in [0.717, 1.165) is 11.1 Å². The number of sulfone groups is 1. The van der Waals surface area contributed by atoms with Crippen LogP contribution in [0.5, 0.6) is 0 Å². The van der Waals surface area contributed by atoms with Crippen LogP contribution in [0.2, 0.25) is 5.02 Å². The van der Waals surface area contributed by atoms with Crippen LogP contribution in [0, 0.1) is 18.3 Å². The van der Waals surface area contributed by atoms with Crippen molar-refractivity contribution in [2.75, 3.05) is 0 Å². The Balaban J connectivity index is 1.99. The Morgan fingerprint density at radius 1 is 1.15 bits per heavy atom. The Morgan fingerprint density at radius 2 is 1.77 bits per heavy atom. The predicted molar refractivity (Wildman–Crippen MR) is 98.9 cm³/mol. The number of hydrogen-bond acceptors (Lipinski definition) is 5. The second-order valence-electron chi connectivity index (χ2n) is 6.11. The lowest BCUT2D eigenvalue weighted by Crippen LogP contribution is -2.22. The van der Waals surface area contributed by atoms with Crippen molar-refractivity contribution in [3.63, 3.8) is 0 Å². The Labute approximate surface area is 157 Å². The van der Waals surface area contributed by atoms with Gasteiger partial charge in [-0.3, -0.25) is 0 Å². The van der Waals surface area contributed by atoms with Gasteiger partial charge in [0, 0.05) is 5.02 Å². The van der Waals surface area contributed by atoms with Crippen molar-refractivity contribution < 1.29 is 13.2 Å². The van der Waals surface area contributed by atoms with Crippen molar-refractivity contribution in [2.45, 2.75) is 30.9 Å². The Kier molecular flexibility index (Phi) is 4.94. The number of nitrogens with one attached hydrogen (secondary N) is 1. The molecule has 1 N–H and O–H groups in total. The summed E-state index contributed by atoms with van der Waals surface area (Å²) in [4.78, 5) is -0.371. The number of allylic oxidation sites excluding steroid dienone is 1. The monoisotopic (exact) mass is 388 g/mol.